The molecule has 0 heterocycles. The average Bonchev–Trinajstić information content (AvgIpc) is 2.83. The van der Waals surface area contributed by atoms with Crippen LogP contribution >= 0.6 is 0 Å². The number of aliphatic hydroxyl groups excluding tert-OH is 2. The van der Waals surface area contributed by atoms with Crippen molar-refractivity contribution >= 4 is 12.1 Å². The Bertz CT molecular complexity index is 979. The van der Waals surface area contributed by atoms with E-state index < -0.39 is 12.2 Å². The SMILES string of the molecule is O=CNc1cc([C@@H](O)CNCCc2ccc(OCC(O)c3ccccc3)cc2)ccc1O. The van der Waals surface area contributed by atoms with Crippen molar-refractivity contribution in [2.24, 2.45) is 0 Å². The predicted octanol–water partition coefficient (Wildman–Crippen LogP) is 2.94. The molecule has 1 amide bonds. The molecule has 3 rings (SSSR count). The first kappa shape index (κ1) is 23.3. The van der Waals surface area contributed by atoms with Crippen LogP contribution in [0, 0.1) is 0 Å². The summed E-state index contributed by atoms with van der Waals surface area (Å²) in [5, 5.41) is 35.8. The van der Waals surface area contributed by atoms with Crippen molar-refractivity contribution in [3.05, 3.63) is 89.5 Å². The number of hydrogen-bond acceptors (Lipinski definition) is 6. The van der Waals surface area contributed by atoms with Gasteiger partial charge in [-0.25, -0.2) is 0 Å². The van der Waals surface area contributed by atoms with Crippen LogP contribution in [0.2, 0.25) is 0 Å². The highest BCUT2D eigenvalue weighted by Crippen LogP contribution is 2.26. The molecule has 3 aromatic carbocycles. The molecule has 0 spiro atoms. The van der Waals surface area contributed by atoms with Crippen molar-refractivity contribution < 1.29 is 24.9 Å². The lowest BCUT2D eigenvalue weighted by Crippen LogP contribution is -2.23. The second-order valence-corrected chi connectivity index (χ2v) is 7.39. The molecule has 32 heavy (non-hydrogen) atoms. The number of aromatic hydroxyl groups is 1. The maximum atomic E-state index is 10.6. The van der Waals surface area contributed by atoms with Crippen molar-refractivity contribution in [2.75, 3.05) is 25.0 Å². The minimum absolute atomic E-state index is 0.0528. The molecule has 7 nitrogen and oxygen atoms in total. The monoisotopic (exact) mass is 436 g/mol. The summed E-state index contributed by atoms with van der Waals surface area (Å²) >= 11 is 0. The molecule has 0 aromatic heterocycles. The lowest BCUT2D eigenvalue weighted by molar-refractivity contribution is -0.105. The Labute approximate surface area is 187 Å². The van der Waals surface area contributed by atoms with Crippen molar-refractivity contribution in [1.29, 1.82) is 0 Å². The van der Waals surface area contributed by atoms with Gasteiger partial charge in [-0.15, -0.1) is 0 Å². The zero-order valence-electron chi connectivity index (χ0n) is 17.6. The smallest absolute Gasteiger partial charge is 0.211 e. The van der Waals surface area contributed by atoms with Crippen LogP contribution in [-0.4, -0.2) is 41.4 Å². The van der Waals surface area contributed by atoms with E-state index in [2.05, 4.69) is 10.6 Å². The van der Waals surface area contributed by atoms with E-state index in [0.29, 0.717) is 30.8 Å². The Kier molecular flexibility index (Phi) is 8.62. The van der Waals surface area contributed by atoms with Gasteiger partial charge in [0.05, 0.1) is 11.8 Å². The van der Waals surface area contributed by atoms with Crippen LogP contribution in [0.25, 0.3) is 0 Å². The fraction of sp³-hybridized carbons (Fsp3) is 0.240. The van der Waals surface area contributed by atoms with Crippen LogP contribution < -0.4 is 15.4 Å². The van der Waals surface area contributed by atoms with Crippen LogP contribution in [0.5, 0.6) is 11.5 Å². The molecule has 0 aliphatic rings. The molecule has 2 atom stereocenters. The summed E-state index contributed by atoms with van der Waals surface area (Å²) in [6.07, 6.45) is -0.196. The number of phenolic OH excluding ortho intramolecular Hbond substituents is 1. The fourth-order valence-corrected chi connectivity index (χ4v) is 3.23. The zero-order valence-corrected chi connectivity index (χ0v) is 17.6. The lowest BCUT2D eigenvalue weighted by Gasteiger charge is -2.14. The number of rotatable bonds is 12. The highest BCUT2D eigenvalue weighted by Gasteiger charge is 2.11. The summed E-state index contributed by atoms with van der Waals surface area (Å²) < 4.78 is 5.68. The van der Waals surface area contributed by atoms with E-state index in [1.54, 1.807) is 12.1 Å². The van der Waals surface area contributed by atoms with Crippen LogP contribution in [0.15, 0.2) is 72.8 Å². The Balaban J connectivity index is 1.40. The van der Waals surface area contributed by atoms with Gasteiger partial charge in [-0.2, -0.15) is 0 Å². The van der Waals surface area contributed by atoms with E-state index in [1.165, 1.54) is 6.07 Å². The maximum absolute atomic E-state index is 10.6. The minimum atomic E-state index is -0.769. The number of amides is 1. The normalized spacial score (nSPS) is 12.7. The van der Waals surface area contributed by atoms with E-state index in [4.69, 9.17) is 4.74 Å². The first-order valence-corrected chi connectivity index (χ1v) is 10.4. The Hall–Kier alpha value is -3.39. The van der Waals surface area contributed by atoms with Gasteiger partial charge in [0.2, 0.25) is 6.41 Å². The van der Waals surface area contributed by atoms with Gasteiger partial charge in [-0.1, -0.05) is 48.5 Å². The van der Waals surface area contributed by atoms with Crippen LogP contribution in [0.1, 0.15) is 28.9 Å². The molecule has 7 heteroatoms. The molecule has 0 saturated carbocycles. The third kappa shape index (κ3) is 6.81. The number of carbonyl (C=O) groups is 1. The average molecular weight is 437 g/mol. The molecule has 5 N–H and O–H groups in total. The fourth-order valence-electron chi connectivity index (χ4n) is 3.23. The third-order valence-electron chi connectivity index (χ3n) is 5.06. The molecule has 0 radical (unpaired) electrons. The Morgan fingerprint density at radius 1 is 0.906 bits per heavy atom. The van der Waals surface area contributed by atoms with Crippen molar-refractivity contribution in [2.45, 2.75) is 18.6 Å². The highest BCUT2D eigenvalue weighted by atomic mass is 16.5. The zero-order chi connectivity index (χ0) is 22.8. The maximum Gasteiger partial charge on any atom is 0.211 e. The number of nitrogens with one attached hydrogen (secondary N) is 2. The van der Waals surface area contributed by atoms with Gasteiger partial charge in [-0.3, -0.25) is 4.79 Å². The lowest BCUT2D eigenvalue weighted by atomic mass is 10.1. The second-order valence-electron chi connectivity index (χ2n) is 7.39. The topological polar surface area (TPSA) is 111 Å². The number of phenols is 1. The summed E-state index contributed by atoms with van der Waals surface area (Å²) in [6, 6.07) is 21.7. The van der Waals surface area contributed by atoms with Crippen LogP contribution in [-0.2, 0) is 11.2 Å². The first-order valence-electron chi connectivity index (χ1n) is 10.4. The number of anilines is 1. The van der Waals surface area contributed by atoms with E-state index >= 15 is 0 Å². The van der Waals surface area contributed by atoms with Gasteiger partial charge in [0.25, 0.3) is 0 Å². The molecule has 168 valence electrons. The number of carbonyl (C=O) groups excluding carboxylic acids is 1. The number of hydrogen-bond donors (Lipinski definition) is 5. The molecule has 0 fully saturated rings. The van der Waals surface area contributed by atoms with Crippen molar-refractivity contribution in [3.63, 3.8) is 0 Å². The molecule has 0 saturated heterocycles. The largest absolute Gasteiger partial charge is 0.506 e. The van der Waals surface area contributed by atoms with E-state index in [9.17, 15) is 20.1 Å². The standard InChI is InChI=1S/C25H28N2O5/c28-17-27-22-14-20(8-11-23(22)29)24(30)15-26-13-12-18-6-9-21(10-7-18)32-16-25(31)19-4-2-1-3-5-19/h1-11,14,17,24-26,29-31H,12-13,15-16H2,(H,27,28)/t24-,25?/m0/s1. The van der Waals surface area contributed by atoms with E-state index in [-0.39, 0.29) is 18.0 Å². The van der Waals surface area contributed by atoms with Gasteiger partial charge in [0.1, 0.15) is 24.2 Å². The molecule has 3 aromatic rings. The Morgan fingerprint density at radius 2 is 1.66 bits per heavy atom. The molecular formula is C25H28N2O5. The first-order chi connectivity index (χ1) is 15.6. The van der Waals surface area contributed by atoms with E-state index in [0.717, 1.165) is 17.5 Å². The highest BCUT2D eigenvalue weighted by molar-refractivity contribution is 5.75. The molecular weight excluding hydrogens is 408 g/mol. The molecule has 0 bridgehead atoms. The van der Waals surface area contributed by atoms with Gasteiger partial charge < -0.3 is 30.7 Å². The van der Waals surface area contributed by atoms with Crippen LogP contribution in [0.4, 0.5) is 5.69 Å². The van der Waals surface area contributed by atoms with Crippen LogP contribution in [0.3, 0.4) is 0 Å². The number of ether oxygens (including phenoxy) is 1. The minimum Gasteiger partial charge on any atom is -0.506 e. The van der Waals surface area contributed by atoms with Gasteiger partial charge in [0.15, 0.2) is 0 Å². The molecule has 1 unspecified atom stereocenters. The molecule has 0 aliphatic heterocycles. The number of benzene rings is 3. The summed E-state index contributed by atoms with van der Waals surface area (Å²) in [5.41, 5.74) is 2.79. The van der Waals surface area contributed by atoms with Crippen molar-refractivity contribution in [3.8, 4) is 11.5 Å². The second kappa shape index (κ2) is 11.9. The quantitative estimate of drug-likeness (QED) is 0.170. The van der Waals surface area contributed by atoms with Gasteiger partial charge in [0, 0.05) is 6.54 Å². The predicted molar refractivity (Wildman–Crippen MR) is 123 cm³/mol. The van der Waals surface area contributed by atoms with Crippen molar-refractivity contribution in [1.82, 2.24) is 5.32 Å². The summed E-state index contributed by atoms with van der Waals surface area (Å²) in [4.78, 5) is 10.6. The van der Waals surface area contributed by atoms with Gasteiger partial charge in [-0.05, 0) is 53.9 Å². The summed E-state index contributed by atoms with van der Waals surface area (Å²) in [6.45, 7) is 1.19. The summed E-state index contributed by atoms with van der Waals surface area (Å²) in [7, 11) is 0. The summed E-state index contributed by atoms with van der Waals surface area (Å²) in [5.74, 6) is 0.641. The molecule has 0 aliphatic carbocycles. The third-order valence-corrected chi connectivity index (χ3v) is 5.06. The van der Waals surface area contributed by atoms with E-state index in [1.807, 2.05) is 54.6 Å². The number of aliphatic hydroxyl groups is 2. The van der Waals surface area contributed by atoms with Gasteiger partial charge >= 0.3 is 0 Å². The Morgan fingerprint density at radius 3 is 2.38 bits per heavy atom.